The summed E-state index contributed by atoms with van der Waals surface area (Å²) in [7, 11) is 0. The summed E-state index contributed by atoms with van der Waals surface area (Å²) in [5.41, 5.74) is -0.173. The number of nitrogens with zero attached hydrogens (tertiary/aromatic N) is 2. The van der Waals surface area contributed by atoms with E-state index < -0.39 is 35.2 Å². The molecule has 9 heteroatoms. The van der Waals surface area contributed by atoms with Crippen LogP contribution in [0.15, 0.2) is 48.5 Å². The van der Waals surface area contributed by atoms with E-state index in [1.807, 2.05) is 30.3 Å². The van der Waals surface area contributed by atoms with Gasteiger partial charge in [-0.05, 0) is 31.0 Å². The summed E-state index contributed by atoms with van der Waals surface area (Å²) in [5.74, 6) is -3.56. The zero-order chi connectivity index (χ0) is 24.3. The third kappa shape index (κ3) is 4.65. The van der Waals surface area contributed by atoms with Crippen molar-refractivity contribution < 1.29 is 27.9 Å². The van der Waals surface area contributed by atoms with Crippen LogP contribution in [0, 0.1) is 11.6 Å². The highest BCUT2D eigenvalue weighted by atomic mass is 19.2. The van der Waals surface area contributed by atoms with Crippen LogP contribution < -0.4 is 5.32 Å². The average molecular weight is 472 g/mol. The number of rotatable bonds is 6. The molecule has 2 aromatic carbocycles. The number of amides is 2. The molecule has 2 aliphatic rings. The van der Waals surface area contributed by atoms with Gasteiger partial charge in [-0.15, -0.1) is 0 Å². The number of ether oxygens (including phenoxy) is 1. The molecule has 2 aromatic rings. The maximum Gasteiger partial charge on any atom is 0.325 e. The van der Waals surface area contributed by atoms with E-state index in [4.69, 9.17) is 4.74 Å². The van der Waals surface area contributed by atoms with Gasteiger partial charge in [0.05, 0.1) is 23.9 Å². The molecule has 0 radical (unpaired) electrons. The third-order valence-electron chi connectivity index (χ3n) is 6.46. The lowest BCUT2D eigenvalue weighted by Gasteiger charge is -2.44. The Morgan fingerprint density at radius 2 is 1.79 bits per heavy atom. The average Bonchev–Trinajstić information content (AvgIpc) is 3.07. The van der Waals surface area contributed by atoms with Gasteiger partial charge < -0.3 is 14.5 Å². The molecule has 2 saturated heterocycles. The lowest BCUT2D eigenvalue weighted by Crippen LogP contribution is -2.60. The van der Waals surface area contributed by atoms with E-state index in [9.17, 15) is 23.2 Å². The van der Waals surface area contributed by atoms with Gasteiger partial charge in [-0.3, -0.25) is 19.7 Å². The largest absolute Gasteiger partial charge is 0.465 e. The number of benzene rings is 2. The Bertz CT molecular complexity index is 1070. The molecule has 2 amide bonds. The van der Waals surface area contributed by atoms with Gasteiger partial charge in [0.25, 0.3) is 5.91 Å². The number of carbonyl (C=O) groups is 3. The van der Waals surface area contributed by atoms with Gasteiger partial charge in [0.1, 0.15) is 6.54 Å². The van der Waals surface area contributed by atoms with Crippen LogP contribution in [-0.2, 0) is 20.7 Å². The number of hydrogen-bond acceptors (Lipinski definition) is 5. The molecule has 1 spiro atoms. The van der Waals surface area contributed by atoms with Crippen molar-refractivity contribution >= 4 is 17.8 Å². The Morgan fingerprint density at radius 3 is 2.47 bits per heavy atom. The molecular formula is C25H27F2N3O4. The van der Waals surface area contributed by atoms with Gasteiger partial charge in [-0.25, -0.2) is 8.78 Å². The minimum atomic E-state index is -1.17. The quantitative estimate of drug-likeness (QED) is 0.655. The van der Waals surface area contributed by atoms with Crippen LogP contribution in [0.1, 0.15) is 35.7 Å². The van der Waals surface area contributed by atoms with Crippen molar-refractivity contribution in [3.63, 3.8) is 0 Å². The number of carbonyl (C=O) groups excluding carboxylic acids is 3. The van der Waals surface area contributed by atoms with Crippen molar-refractivity contribution in [1.82, 2.24) is 15.1 Å². The second-order valence-corrected chi connectivity index (χ2v) is 8.54. The fourth-order valence-corrected chi connectivity index (χ4v) is 4.75. The zero-order valence-corrected chi connectivity index (χ0v) is 18.9. The fourth-order valence-electron chi connectivity index (χ4n) is 4.75. The Labute approximate surface area is 196 Å². The Balaban J connectivity index is 1.52. The van der Waals surface area contributed by atoms with Gasteiger partial charge in [0.2, 0.25) is 5.91 Å². The highest BCUT2D eigenvalue weighted by Crippen LogP contribution is 2.34. The smallest absolute Gasteiger partial charge is 0.325 e. The minimum absolute atomic E-state index is 0.197. The minimum Gasteiger partial charge on any atom is -0.465 e. The van der Waals surface area contributed by atoms with Gasteiger partial charge in [0.15, 0.2) is 11.6 Å². The first-order valence-electron chi connectivity index (χ1n) is 11.4. The summed E-state index contributed by atoms with van der Waals surface area (Å²) in [6, 6.07) is 12.6. The van der Waals surface area contributed by atoms with Crippen LogP contribution in [0.2, 0.25) is 0 Å². The molecule has 7 nitrogen and oxygen atoms in total. The summed E-state index contributed by atoms with van der Waals surface area (Å²) in [6.07, 6.45) is 1.14. The number of halogens is 2. The second-order valence-electron chi connectivity index (χ2n) is 8.54. The Kier molecular flexibility index (Phi) is 6.92. The molecule has 1 unspecified atom stereocenters. The molecule has 0 bridgehead atoms. The van der Waals surface area contributed by atoms with Crippen LogP contribution in [0.3, 0.4) is 0 Å². The predicted molar refractivity (Wildman–Crippen MR) is 120 cm³/mol. The summed E-state index contributed by atoms with van der Waals surface area (Å²) < 4.78 is 32.8. The topological polar surface area (TPSA) is 79.0 Å². The van der Waals surface area contributed by atoms with Gasteiger partial charge >= 0.3 is 5.97 Å². The van der Waals surface area contributed by atoms with E-state index in [0.29, 0.717) is 19.3 Å². The first-order chi connectivity index (χ1) is 16.3. The molecule has 1 N–H and O–H groups in total. The van der Waals surface area contributed by atoms with E-state index in [2.05, 4.69) is 5.32 Å². The zero-order valence-electron chi connectivity index (χ0n) is 18.9. The van der Waals surface area contributed by atoms with Crippen LogP contribution in [0.4, 0.5) is 8.78 Å². The van der Waals surface area contributed by atoms with Crippen molar-refractivity contribution in [3.8, 4) is 0 Å². The molecule has 0 aromatic heterocycles. The standard InChI is InChI=1S/C25H27F2N3O4/c1-2-34-21(31)16-30-24(33)20(15-17-7-4-3-5-8-17)28-25(30)11-13-29(14-12-25)23(32)18-9-6-10-19(26)22(18)27/h3-10,20,28H,2,11-16H2,1H3. The lowest BCUT2D eigenvalue weighted by atomic mass is 9.95. The van der Waals surface area contributed by atoms with Gasteiger partial charge in [-0.1, -0.05) is 36.4 Å². The van der Waals surface area contributed by atoms with Gasteiger partial charge in [0, 0.05) is 25.9 Å². The molecule has 4 rings (SSSR count). The molecule has 0 aliphatic carbocycles. The monoisotopic (exact) mass is 471 g/mol. The molecule has 2 aliphatic heterocycles. The fraction of sp³-hybridized carbons (Fsp3) is 0.400. The van der Waals surface area contributed by atoms with E-state index in [1.165, 1.54) is 21.9 Å². The van der Waals surface area contributed by atoms with Crippen LogP contribution in [0.5, 0.6) is 0 Å². The number of esters is 1. The highest BCUT2D eigenvalue weighted by Gasteiger charge is 2.52. The first-order valence-corrected chi connectivity index (χ1v) is 11.4. The SMILES string of the molecule is CCOC(=O)CN1C(=O)C(Cc2ccccc2)NC12CCN(C(=O)c1cccc(F)c1F)CC2. The van der Waals surface area contributed by atoms with Crippen LogP contribution >= 0.6 is 0 Å². The molecule has 2 heterocycles. The number of hydrogen-bond donors (Lipinski definition) is 1. The van der Waals surface area contributed by atoms with Crippen molar-refractivity contribution in [2.45, 2.75) is 37.9 Å². The van der Waals surface area contributed by atoms with Gasteiger partial charge in [-0.2, -0.15) is 0 Å². The number of likely N-dealkylation sites (tertiary alicyclic amines) is 1. The lowest BCUT2D eigenvalue weighted by molar-refractivity contribution is -0.151. The number of piperidine rings is 1. The Hall–Kier alpha value is -3.33. The summed E-state index contributed by atoms with van der Waals surface area (Å²) >= 11 is 0. The van der Waals surface area contributed by atoms with E-state index in [0.717, 1.165) is 11.6 Å². The summed E-state index contributed by atoms with van der Waals surface area (Å²) in [5, 5.41) is 3.42. The van der Waals surface area contributed by atoms with Crippen molar-refractivity contribution in [3.05, 3.63) is 71.3 Å². The van der Waals surface area contributed by atoms with E-state index in [1.54, 1.807) is 6.92 Å². The van der Waals surface area contributed by atoms with Crippen molar-refractivity contribution in [2.75, 3.05) is 26.2 Å². The Morgan fingerprint density at radius 1 is 1.09 bits per heavy atom. The summed E-state index contributed by atoms with van der Waals surface area (Å²) in [6.45, 7) is 2.14. The summed E-state index contributed by atoms with van der Waals surface area (Å²) in [4.78, 5) is 41.4. The maximum atomic E-state index is 14.1. The molecule has 1 atom stereocenters. The third-order valence-corrected chi connectivity index (χ3v) is 6.46. The number of nitrogens with one attached hydrogen (secondary N) is 1. The molecule has 34 heavy (non-hydrogen) atoms. The van der Waals surface area contributed by atoms with Crippen LogP contribution in [-0.4, -0.2) is 65.5 Å². The molecule has 180 valence electrons. The first kappa shape index (κ1) is 23.8. The van der Waals surface area contributed by atoms with E-state index in [-0.39, 0.29) is 37.7 Å². The highest BCUT2D eigenvalue weighted by molar-refractivity contribution is 5.94. The predicted octanol–water partition coefficient (Wildman–Crippen LogP) is 2.50. The molecule has 0 saturated carbocycles. The van der Waals surface area contributed by atoms with Crippen molar-refractivity contribution in [1.29, 1.82) is 0 Å². The van der Waals surface area contributed by atoms with Crippen molar-refractivity contribution in [2.24, 2.45) is 0 Å². The molecule has 2 fully saturated rings. The second kappa shape index (κ2) is 9.89. The van der Waals surface area contributed by atoms with Crippen LogP contribution in [0.25, 0.3) is 0 Å². The van der Waals surface area contributed by atoms with E-state index >= 15 is 0 Å². The molecular weight excluding hydrogens is 444 g/mol. The maximum absolute atomic E-state index is 14.1. The normalized spacial score (nSPS) is 19.5.